The number of hydrogen-bond donors (Lipinski definition) is 11. The predicted molar refractivity (Wildman–Crippen MR) is 257 cm³/mol. The Labute approximate surface area is 406 Å². The van der Waals surface area contributed by atoms with E-state index in [9.17, 15) is 43.5 Å². The molecule has 0 unspecified atom stereocenters. The highest BCUT2D eigenvalue weighted by molar-refractivity contribution is 5.99. The summed E-state index contributed by atoms with van der Waals surface area (Å²) in [4.78, 5) is 117. The van der Waals surface area contributed by atoms with Gasteiger partial charge in [-0.15, -0.1) is 0 Å². The first-order chi connectivity index (χ1) is 33.8. The Bertz CT molecular complexity index is 2330. The number of guanidine groups is 1. The van der Waals surface area contributed by atoms with Gasteiger partial charge in [-0.25, -0.2) is 0 Å². The molecule has 3 aliphatic heterocycles. The summed E-state index contributed by atoms with van der Waals surface area (Å²) in [6.45, 7) is -0.846. The molecule has 0 aromatic heterocycles. The van der Waals surface area contributed by atoms with Crippen LogP contribution >= 0.6 is 0 Å². The van der Waals surface area contributed by atoms with Gasteiger partial charge in [0.2, 0.25) is 47.3 Å². The molecule has 0 bridgehead atoms. The number of aliphatic hydroxyl groups excluding tert-OH is 1. The van der Waals surface area contributed by atoms with E-state index < -0.39 is 109 Å². The Balaban J connectivity index is 1.38. The van der Waals surface area contributed by atoms with Gasteiger partial charge in [-0.2, -0.15) is 0 Å². The molecule has 0 radical (unpaired) electrons. The zero-order valence-corrected chi connectivity index (χ0v) is 38.9. The molecule has 374 valence electrons. The molecule has 0 spiro atoms. The minimum Gasteiger partial charge on any atom is -0.394 e. The molecule has 3 aliphatic rings. The van der Waals surface area contributed by atoms with E-state index in [1.54, 1.807) is 91.0 Å². The molecule has 3 heterocycles. The number of hydrogen-bond acceptors (Lipinski definition) is 11. The SMILES string of the molecule is N=C(N)NCCC[C@@H]1NC(=O)[C@@H]2CCCN2C(=O)[C@H]2CCCN2C(=O)[C@H](Cc2ccccc2)NC(=O)[C@H](CO)NC(=O)[C@H](CN)NC(=O)[C@H](Cc2ccccc2)NC(=O)[C@H](Cc2ccccc2)NC1=O. The van der Waals surface area contributed by atoms with Crippen LogP contribution in [0.15, 0.2) is 91.0 Å². The van der Waals surface area contributed by atoms with Crippen LogP contribution in [0.2, 0.25) is 0 Å². The minimum absolute atomic E-state index is 0.0166. The number of nitrogens with two attached hydrogens (primary N) is 2. The fraction of sp³-hybridized carbons (Fsp3) is 0.449. The zero-order chi connectivity index (χ0) is 50.2. The lowest BCUT2D eigenvalue weighted by atomic mass is 10.0. The lowest BCUT2D eigenvalue weighted by Gasteiger charge is -2.34. The van der Waals surface area contributed by atoms with Crippen molar-refractivity contribution < 1.29 is 43.5 Å². The summed E-state index contributed by atoms with van der Waals surface area (Å²) in [5.74, 6) is -6.20. The summed E-state index contributed by atoms with van der Waals surface area (Å²) in [5, 5.41) is 36.8. The number of nitrogens with one attached hydrogen (secondary N) is 8. The molecule has 3 saturated heterocycles. The highest BCUT2D eigenvalue weighted by atomic mass is 16.3. The predicted octanol–water partition coefficient (Wildman–Crippen LogP) is -2.17. The summed E-state index contributed by atoms with van der Waals surface area (Å²) in [6.07, 6.45) is 1.56. The Hall–Kier alpha value is -7.39. The molecule has 6 rings (SSSR count). The van der Waals surface area contributed by atoms with E-state index in [0.717, 1.165) is 0 Å². The molecule has 0 aliphatic carbocycles. The van der Waals surface area contributed by atoms with Crippen molar-refractivity contribution in [1.82, 2.24) is 47.0 Å². The van der Waals surface area contributed by atoms with Crippen molar-refractivity contribution in [3.05, 3.63) is 108 Å². The van der Waals surface area contributed by atoms with Crippen LogP contribution in [-0.4, -0.2) is 149 Å². The number of aliphatic hydroxyl groups is 1. The van der Waals surface area contributed by atoms with Crippen LogP contribution in [0.1, 0.15) is 55.2 Å². The molecule has 70 heavy (non-hydrogen) atoms. The van der Waals surface area contributed by atoms with Crippen LogP contribution in [0.5, 0.6) is 0 Å². The van der Waals surface area contributed by atoms with Crippen LogP contribution in [0.4, 0.5) is 0 Å². The van der Waals surface area contributed by atoms with Gasteiger partial charge in [-0.05, 0) is 55.2 Å². The number of amides is 8. The van der Waals surface area contributed by atoms with E-state index in [1.165, 1.54) is 9.80 Å². The van der Waals surface area contributed by atoms with Crippen molar-refractivity contribution in [1.29, 1.82) is 5.41 Å². The van der Waals surface area contributed by atoms with E-state index in [2.05, 4.69) is 37.2 Å². The van der Waals surface area contributed by atoms with Gasteiger partial charge >= 0.3 is 0 Å². The third-order valence-corrected chi connectivity index (χ3v) is 12.7. The van der Waals surface area contributed by atoms with Crippen LogP contribution in [-0.2, 0) is 57.6 Å². The molecule has 0 saturated carbocycles. The quantitative estimate of drug-likeness (QED) is 0.0526. The van der Waals surface area contributed by atoms with Crippen molar-refractivity contribution in [3.63, 3.8) is 0 Å². The normalized spacial score (nSPS) is 25.5. The third-order valence-electron chi connectivity index (χ3n) is 12.7. The molecule has 21 nitrogen and oxygen atoms in total. The van der Waals surface area contributed by atoms with Gasteiger partial charge in [0, 0.05) is 45.4 Å². The molecule has 8 amide bonds. The smallest absolute Gasteiger partial charge is 0.246 e. The highest BCUT2D eigenvalue weighted by Gasteiger charge is 2.45. The molecular formula is C49H64N12O9. The van der Waals surface area contributed by atoms with Crippen molar-refractivity contribution in [3.8, 4) is 0 Å². The number of carbonyl (C=O) groups is 8. The van der Waals surface area contributed by atoms with Gasteiger partial charge in [0.05, 0.1) is 6.61 Å². The summed E-state index contributed by atoms with van der Waals surface area (Å²) in [5.41, 5.74) is 13.5. The number of nitrogens with zero attached hydrogens (tertiary/aromatic N) is 2. The van der Waals surface area contributed by atoms with Gasteiger partial charge in [-0.3, -0.25) is 43.8 Å². The first-order valence-electron chi connectivity index (χ1n) is 23.7. The monoisotopic (exact) mass is 964 g/mol. The molecule has 13 N–H and O–H groups in total. The standard InChI is InChI=1S/C49H64N12O9/c50-28-37-44(66)59-38(29-62)45(67)57-36(27-32-17-8-3-9-18-32)47(69)61-24-12-21-40(61)48(70)60-23-11-20-39(60)46(68)54-33(19-10-22-53-49(51)52)41(63)55-34(25-30-13-4-1-5-14-30)42(64)56-35(43(65)58-37)26-31-15-6-2-7-16-31/h1-9,13-18,33-40,62H,10-12,19-29,50H2,(H,54,68)(H,55,63)(H,56,64)(H,57,67)(H,58,65)(H,59,66)(H4,51,52,53)/t33-,34-,35-,36-,37-,38-,39-,40+/m0/s1. The Morgan fingerprint density at radius 1 is 0.543 bits per heavy atom. The van der Waals surface area contributed by atoms with Gasteiger partial charge < -0.3 is 63.6 Å². The van der Waals surface area contributed by atoms with E-state index >= 15 is 0 Å². The minimum atomic E-state index is -1.62. The van der Waals surface area contributed by atoms with Gasteiger partial charge in [0.1, 0.15) is 48.3 Å². The maximum absolute atomic E-state index is 14.6. The second-order valence-corrected chi connectivity index (χ2v) is 17.7. The topological polar surface area (TPSA) is 323 Å². The Morgan fingerprint density at radius 2 is 0.943 bits per heavy atom. The maximum Gasteiger partial charge on any atom is 0.246 e. The van der Waals surface area contributed by atoms with E-state index in [4.69, 9.17) is 16.9 Å². The molecule has 3 aromatic rings. The molecule has 21 heteroatoms. The maximum atomic E-state index is 14.6. The second-order valence-electron chi connectivity index (χ2n) is 17.7. The van der Waals surface area contributed by atoms with Crippen LogP contribution < -0.4 is 48.7 Å². The van der Waals surface area contributed by atoms with E-state index in [1.807, 2.05) is 0 Å². The number of fused-ring (bicyclic) bond motifs is 2. The average Bonchev–Trinajstić information content (AvgIpc) is 4.07. The summed E-state index contributed by atoms with van der Waals surface area (Å²) in [7, 11) is 0. The van der Waals surface area contributed by atoms with Crippen molar-refractivity contribution in [2.75, 3.05) is 32.8 Å². The fourth-order valence-electron chi connectivity index (χ4n) is 9.00. The largest absolute Gasteiger partial charge is 0.394 e. The van der Waals surface area contributed by atoms with E-state index in [0.29, 0.717) is 29.5 Å². The van der Waals surface area contributed by atoms with Crippen LogP contribution in [0.3, 0.4) is 0 Å². The second kappa shape index (κ2) is 25.3. The number of carbonyl (C=O) groups excluding carboxylic acids is 8. The lowest BCUT2D eigenvalue weighted by Crippen LogP contribution is -2.62. The zero-order valence-electron chi connectivity index (χ0n) is 38.9. The Kier molecular flexibility index (Phi) is 18.8. The highest BCUT2D eigenvalue weighted by Crippen LogP contribution is 2.26. The first-order valence-corrected chi connectivity index (χ1v) is 23.7. The van der Waals surface area contributed by atoms with E-state index in [-0.39, 0.29) is 70.5 Å². The number of rotatable bonds is 12. The van der Waals surface area contributed by atoms with Crippen molar-refractivity contribution >= 4 is 53.2 Å². The van der Waals surface area contributed by atoms with Crippen LogP contribution in [0.25, 0.3) is 0 Å². The summed E-state index contributed by atoms with van der Waals surface area (Å²) in [6, 6.07) is 16.0. The lowest BCUT2D eigenvalue weighted by molar-refractivity contribution is -0.148. The fourth-order valence-corrected chi connectivity index (χ4v) is 9.00. The molecule has 3 fully saturated rings. The van der Waals surface area contributed by atoms with Crippen molar-refractivity contribution in [2.24, 2.45) is 11.5 Å². The van der Waals surface area contributed by atoms with Crippen molar-refractivity contribution in [2.45, 2.75) is 106 Å². The molecule has 3 aromatic carbocycles. The van der Waals surface area contributed by atoms with Gasteiger partial charge in [0.25, 0.3) is 0 Å². The Morgan fingerprint density at radius 3 is 1.44 bits per heavy atom. The van der Waals surface area contributed by atoms with Crippen LogP contribution in [0, 0.1) is 5.41 Å². The molecular weight excluding hydrogens is 901 g/mol. The summed E-state index contributed by atoms with van der Waals surface area (Å²) >= 11 is 0. The molecule has 8 atom stereocenters. The summed E-state index contributed by atoms with van der Waals surface area (Å²) < 4.78 is 0. The average molecular weight is 965 g/mol. The third kappa shape index (κ3) is 14.1. The first kappa shape index (κ1) is 52.0. The number of benzene rings is 3. The van der Waals surface area contributed by atoms with Gasteiger partial charge in [-0.1, -0.05) is 91.0 Å². The van der Waals surface area contributed by atoms with Gasteiger partial charge in [0.15, 0.2) is 5.96 Å².